The number of thioether (sulfide) groups is 1. The third-order valence-corrected chi connectivity index (χ3v) is 32.1. The smallest absolute Gasteiger partial charge is 0.163 e. The molecule has 0 aliphatic carbocycles. The van der Waals surface area contributed by atoms with E-state index >= 15 is 0 Å². The molecule has 11 rings (SSSR count). The molecule has 10 fully saturated rings. The van der Waals surface area contributed by atoms with Crippen molar-refractivity contribution < 1.29 is 37.1 Å². The van der Waals surface area contributed by atoms with Gasteiger partial charge in [-0.15, -0.1) is 0 Å². The maximum absolute atomic E-state index is 11.8. The number of piperidine rings is 1. The van der Waals surface area contributed by atoms with Crippen molar-refractivity contribution in [2.45, 2.75) is 548 Å². The predicted molar refractivity (Wildman–Crippen MR) is 598 cm³/mol. The molecule has 0 radical (unpaired) electrons. The standard InChI is InChI=1S/C12H25N.C11H24N2.C11H21NO2.C10H21NO2S.C10H21NOS.C10H21NO.C10H21NS.C9H19N.C8H17NO2.C7H12N2.11CH4/c1-9-7-13(12(4,5)6)8-10(2)11(9)3;1-9-7-13(11(3,4)5)8-10(2)12(9)6;1-10(2,3)12-6-8-9(7-12)14-11(4,5)13-8;1-8-6-11(10(3,4)5)7-9(2)14(8,12)13;1-8-6-11(10(3,4)5)7-9(2)13(8)12;2*1-8-6-11(10(3,4)5)7-9(2)12-8;1-8-5-6-10(7-8)9(2,3)4;1-8(2,3)9-4-6(10)7(11)5-9;1-7(2,3)9-5-4-8-6-9;;;;;;;;;;;/h9-11H,7-8H2,1-6H3;9-10H,7-8H2,1-6H3;2*8-9H,6-7H2,1-5H3;8-9H,6-7H2,1-5H3;2*8-9H,6-7H2,1-5H3;8H,5-7H2,1-4H3;6-7,10-11H,4-5H2,1-3H3;4-6H,1-3H3;11*1H4/t;;8-,9+;;;;;;6-,7+;;;;;;;;;;;;. The van der Waals surface area contributed by atoms with E-state index in [1.807, 2.05) is 40.2 Å². The summed E-state index contributed by atoms with van der Waals surface area (Å²) in [7, 11) is -1.27. The van der Waals surface area contributed by atoms with Gasteiger partial charge in [0, 0.05) is 223 Å². The highest BCUT2D eigenvalue weighted by Crippen LogP contribution is 2.37. The molecule has 17 atom stereocenters. The van der Waals surface area contributed by atoms with Crippen LogP contribution in [0.5, 0.6) is 0 Å². The lowest BCUT2D eigenvalue weighted by atomic mass is 9.79. The van der Waals surface area contributed by atoms with Gasteiger partial charge in [-0.1, -0.05) is 123 Å². The molecule has 11 heterocycles. The number of aromatic nitrogens is 2. The normalized spacial score (nSPS) is 30.4. The van der Waals surface area contributed by atoms with Gasteiger partial charge in [-0.25, -0.2) is 13.4 Å². The fraction of sp³-hybridized carbons (Fsp3) is 0.972. The van der Waals surface area contributed by atoms with Crippen molar-refractivity contribution >= 4 is 32.4 Å². The van der Waals surface area contributed by atoms with Gasteiger partial charge in [0.25, 0.3) is 0 Å². The third kappa shape index (κ3) is 52.4. The summed E-state index contributed by atoms with van der Waals surface area (Å²) < 4.78 is 54.6. The molecule has 808 valence electrons. The van der Waals surface area contributed by atoms with Crippen LogP contribution in [0.2, 0.25) is 0 Å². The number of aliphatic hydroxyl groups is 2. The van der Waals surface area contributed by atoms with Crippen LogP contribution >= 0.6 is 11.8 Å². The van der Waals surface area contributed by atoms with Gasteiger partial charge in [-0.2, -0.15) is 11.8 Å². The van der Waals surface area contributed by atoms with Crippen molar-refractivity contribution in [1.29, 1.82) is 0 Å². The van der Waals surface area contributed by atoms with E-state index in [1.165, 1.54) is 58.8 Å². The van der Waals surface area contributed by atoms with Gasteiger partial charge in [0.2, 0.25) is 0 Å². The lowest BCUT2D eigenvalue weighted by molar-refractivity contribution is -0.158. The van der Waals surface area contributed by atoms with E-state index in [2.05, 4.69) is 368 Å². The number of likely N-dealkylation sites (tertiary alicyclic amines) is 4. The highest BCUT2D eigenvalue weighted by atomic mass is 32.2. The highest BCUT2D eigenvalue weighted by Gasteiger charge is 2.49. The van der Waals surface area contributed by atoms with Crippen LogP contribution in [-0.4, -0.2) is 342 Å². The summed E-state index contributed by atoms with van der Waals surface area (Å²) >= 11 is 2.12. The average molecular weight is 1950 g/mol. The maximum Gasteiger partial charge on any atom is 0.163 e. The van der Waals surface area contributed by atoms with Crippen LogP contribution in [0.15, 0.2) is 18.7 Å². The zero-order chi connectivity index (χ0) is 94.4. The van der Waals surface area contributed by atoms with Crippen LogP contribution in [0, 0.1) is 23.7 Å². The summed E-state index contributed by atoms with van der Waals surface area (Å²) in [5, 5.41) is 20.3. The Morgan fingerprint density at radius 3 is 0.917 bits per heavy atom. The molecule has 13 unspecified atom stereocenters. The van der Waals surface area contributed by atoms with Gasteiger partial charge in [0.15, 0.2) is 15.6 Å². The Balaban J connectivity index is -0.000000155. The van der Waals surface area contributed by atoms with E-state index in [0.717, 1.165) is 73.4 Å². The molecule has 0 spiro atoms. The van der Waals surface area contributed by atoms with Crippen LogP contribution in [0.3, 0.4) is 0 Å². The summed E-state index contributed by atoms with van der Waals surface area (Å²) in [6.07, 6.45) is 7.17. The summed E-state index contributed by atoms with van der Waals surface area (Å²) in [4.78, 5) is 28.5. The lowest BCUT2D eigenvalue weighted by Gasteiger charge is -2.48. The molecule has 10 saturated heterocycles. The summed E-state index contributed by atoms with van der Waals surface area (Å²) in [6.45, 7) is 120. The van der Waals surface area contributed by atoms with Crippen LogP contribution in [0.25, 0.3) is 0 Å². The summed E-state index contributed by atoms with van der Waals surface area (Å²) in [5.41, 5.74) is 2.44. The molecule has 20 nitrogen and oxygen atoms in total. The Kier molecular flexibility index (Phi) is 70.2. The Labute approximate surface area is 837 Å². The van der Waals surface area contributed by atoms with Gasteiger partial charge in [0.1, 0.15) is 12.2 Å². The molecule has 10 aliphatic rings. The minimum Gasteiger partial charge on any atom is -0.389 e. The van der Waals surface area contributed by atoms with E-state index in [4.69, 9.17) is 14.2 Å². The quantitative estimate of drug-likeness (QED) is 0.251. The Morgan fingerprint density at radius 1 is 0.371 bits per heavy atom. The molecule has 0 amide bonds. The molecule has 0 bridgehead atoms. The minimum atomic E-state index is -2.88. The second kappa shape index (κ2) is 61.3. The number of aliphatic hydroxyl groups excluding tert-OH is 2. The van der Waals surface area contributed by atoms with Crippen molar-refractivity contribution in [2.24, 2.45) is 23.7 Å². The van der Waals surface area contributed by atoms with E-state index in [0.29, 0.717) is 83.1 Å². The number of morpholine rings is 1. The number of piperazine rings is 1. The topological polar surface area (TPSA) is 170 Å². The number of fused-ring (bicyclic) bond motifs is 1. The van der Waals surface area contributed by atoms with Crippen molar-refractivity contribution in [3.63, 3.8) is 0 Å². The molecule has 0 saturated carbocycles. The number of hydrogen-bond acceptors (Lipinski definition) is 20. The molecule has 23 heteroatoms. The van der Waals surface area contributed by atoms with Gasteiger partial charge >= 0.3 is 0 Å². The van der Waals surface area contributed by atoms with Crippen molar-refractivity contribution in [3.05, 3.63) is 18.7 Å². The van der Waals surface area contributed by atoms with Crippen LogP contribution in [0.1, 0.15) is 407 Å². The number of β-amino-alcohol motifs (C(OH)–C–C–N with tert-alkyl or cyclic N) is 2. The number of nitrogens with zero attached hydrogens (tertiary/aromatic N) is 12. The van der Waals surface area contributed by atoms with Crippen molar-refractivity contribution in [2.75, 3.05) is 125 Å². The molecule has 1 aromatic heterocycles. The molecule has 0 aromatic carbocycles. The molecular formula is C109H246N12O8S3. The average Bonchev–Trinajstić information content (AvgIpc) is 1.59. The molecule has 2 N–H and O–H groups in total. The van der Waals surface area contributed by atoms with E-state index in [9.17, 15) is 22.8 Å². The number of ether oxygens (including phenoxy) is 3. The number of hydrogen-bond donors (Lipinski definition) is 2. The zero-order valence-corrected chi connectivity index (χ0v) is 90.4. The first-order valence-electron chi connectivity index (χ1n) is 47.3. The first kappa shape index (κ1) is 151. The maximum atomic E-state index is 11.8. The second-order valence-corrected chi connectivity index (χ2v) is 55.9. The Morgan fingerprint density at radius 2 is 0.652 bits per heavy atom. The second-order valence-electron chi connectivity index (χ2n) is 49.0. The first-order chi connectivity index (χ1) is 54.2. The fourth-order valence-electron chi connectivity index (χ4n) is 17.0. The van der Waals surface area contributed by atoms with Gasteiger partial charge < -0.3 is 29.0 Å². The summed E-state index contributed by atoms with van der Waals surface area (Å²) in [5.74, 6) is 3.13. The molecular weight excluding hydrogens is 1700 g/mol. The number of rotatable bonds is 0. The van der Waals surface area contributed by atoms with Crippen molar-refractivity contribution in [1.82, 2.24) is 58.6 Å². The number of likely N-dealkylation sites (N-methyl/N-ethyl adjacent to an activating group) is 1. The van der Waals surface area contributed by atoms with E-state index < -0.39 is 32.8 Å². The monoisotopic (exact) mass is 1950 g/mol. The fourth-order valence-corrected chi connectivity index (χ4v) is 21.4. The van der Waals surface area contributed by atoms with E-state index in [-0.39, 0.29) is 143 Å². The first-order valence-corrected chi connectivity index (χ1v) is 51.1. The molecule has 132 heavy (non-hydrogen) atoms. The van der Waals surface area contributed by atoms with Crippen LogP contribution < -0.4 is 0 Å². The predicted octanol–water partition coefficient (Wildman–Crippen LogP) is 24.4. The van der Waals surface area contributed by atoms with Crippen LogP contribution in [0.4, 0.5) is 0 Å². The molecule has 1 aromatic rings. The van der Waals surface area contributed by atoms with Gasteiger partial charge in [-0.05, 0) is 321 Å². The SMILES string of the molecule is C.C.C.C.C.C.C.C.C.C.C.CC(C)(C)N1C[C@@H](O)[C@@H](O)C1.CC(C)(C)n1ccnc1.CC1(C)O[C@H]2CN(C(C)(C)C)C[C@H]2O1.CC1CCN(C(C)(C)C)C1.CC1CN(C(C)(C)C)CC(C)C1C.CC1CN(C(C)(C)C)CC(C)N1C.CC1CN(C(C)(C)C)CC(C)O1.CC1CN(C(C)(C)C)CC(C)S1.CC1CN(C(C)(C)C)CC(C)S1(=O)=O.CC1CN(C(C)(C)C)CC(C)S1=O. The van der Waals surface area contributed by atoms with Gasteiger partial charge in [-0.3, -0.25) is 53.2 Å². The third-order valence-electron chi connectivity index (χ3n) is 26.4. The number of imidazole rings is 1. The van der Waals surface area contributed by atoms with Gasteiger partial charge in [0.05, 0.1) is 41.2 Å². The minimum absolute atomic E-state index is 0. The lowest BCUT2D eigenvalue weighted by Crippen LogP contribution is -2.59. The van der Waals surface area contributed by atoms with Crippen molar-refractivity contribution in [3.8, 4) is 0 Å². The van der Waals surface area contributed by atoms with E-state index in [1.54, 1.807) is 6.20 Å². The largest absolute Gasteiger partial charge is 0.389 e. The summed E-state index contributed by atoms with van der Waals surface area (Å²) in [6, 6.07) is 1.37. The Bertz CT molecular complexity index is 3030. The zero-order valence-electron chi connectivity index (χ0n) is 88.0. The number of sulfone groups is 1. The molecule has 10 aliphatic heterocycles. The highest BCUT2D eigenvalue weighted by molar-refractivity contribution is 8.00. The van der Waals surface area contributed by atoms with Crippen LogP contribution in [-0.2, 0) is 40.4 Å². The Hall–Kier alpha value is -0.940.